The molecule has 0 aromatic carbocycles. The predicted molar refractivity (Wildman–Crippen MR) is 115 cm³/mol. The Kier molecular flexibility index (Phi) is 9.33. The average Bonchev–Trinajstić information content (AvgIpc) is 3.40. The van der Waals surface area contributed by atoms with Crippen LogP contribution in [0.3, 0.4) is 0 Å². The van der Waals surface area contributed by atoms with Gasteiger partial charge in [-0.15, -0.1) is 5.06 Å². The van der Waals surface area contributed by atoms with Gasteiger partial charge in [-0.3, -0.25) is 14.4 Å². The number of ether oxygens (including phenoxy) is 1. The number of amides is 5. The van der Waals surface area contributed by atoms with Crippen molar-refractivity contribution in [3.05, 3.63) is 12.2 Å². The molecule has 5 amide bonds. The number of hydroxylamine groups is 2. The number of imide groups is 1. The molecule has 3 rings (SSSR count). The number of carbonyl (C=O) groups excluding carboxylic acids is 4. The summed E-state index contributed by atoms with van der Waals surface area (Å²) in [5.74, 6) is -0.305. The number of unbranched alkanes of at least 4 members (excludes halogenated alkanes) is 1. The number of hydrogen-bond donors (Lipinski definition) is 4. The van der Waals surface area contributed by atoms with Crippen molar-refractivity contribution in [2.75, 3.05) is 25.5 Å². The standard InChI is InChI=1S/C20H30N4O7S/c25-15(5-2-1-4-14-19-13(12-32-14)22-20(29)23-19)21-9-3-10-30-11-8-18(28)31-24-16(26)6-7-17(24)27/h6-7,13-14,18-19,28H,1-5,8-12H2,(H,21,25)(H2,22,23,29). The molecule has 4 atom stereocenters. The molecule has 2 saturated heterocycles. The van der Waals surface area contributed by atoms with Crippen molar-refractivity contribution in [3.8, 4) is 0 Å². The highest BCUT2D eigenvalue weighted by molar-refractivity contribution is 8.00. The third-order valence-electron chi connectivity index (χ3n) is 5.37. The van der Waals surface area contributed by atoms with Gasteiger partial charge in [0.05, 0.1) is 18.7 Å². The topological polar surface area (TPSA) is 146 Å². The van der Waals surface area contributed by atoms with Gasteiger partial charge in [0, 0.05) is 49.1 Å². The molecule has 0 radical (unpaired) electrons. The predicted octanol–water partition coefficient (Wildman–Crippen LogP) is -0.200. The fraction of sp³-hybridized carbons (Fsp3) is 0.700. The van der Waals surface area contributed by atoms with Crippen LogP contribution in [0.5, 0.6) is 0 Å². The van der Waals surface area contributed by atoms with Gasteiger partial charge in [0.1, 0.15) is 0 Å². The molecular weight excluding hydrogens is 440 g/mol. The summed E-state index contributed by atoms with van der Waals surface area (Å²) in [5.41, 5.74) is 0. The second kappa shape index (κ2) is 12.2. The van der Waals surface area contributed by atoms with Crippen molar-refractivity contribution in [2.24, 2.45) is 0 Å². The Morgan fingerprint density at radius 1 is 1.19 bits per heavy atom. The number of hydrogen-bond acceptors (Lipinski definition) is 8. The zero-order valence-electron chi connectivity index (χ0n) is 17.8. The Balaban J connectivity index is 1.12. The summed E-state index contributed by atoms with van der Waals surface area (Å²) in [6, 6.07) is 0.358. The van der Waals surface area contributed by atoms with E-state index in [1.165, 1.54) is 0 Å². The molecule has 0 aromatic rings. The molecule has 178 valence electrons. The highest BCUT2D eigenvalue weighted by Gasteiger charge is 2.42. The van der Waals surface area contributed by atoms with Gasteiger partial charge >= 0.3 is 6.03 Å². The molecule has 3 aliphatic rings. The first-order valence-corrected chi connectivity index (χ1v) is 11.9. The molecule has 3 aliphatic heterocycles. The second-order valence-corrected chi connectivity index (χ2v) is 9.11. The fourth-order valence-corrected chi connectivity index (χ4v) is 5.26. The number of aliphatic hydroxyl groups excluding tert-OH is 1. The summed E-state index contributed by atoms with van der Waals surface area (Å²) in [6.45, 7) is 1.09. The molecule has 32 heavy (non-hydrogen) atoms. The maximum atomic E-state index is 11.9. The zero-order chi connectivity index (χ0) is 22.9. The Hall–Kier alpha value is -2.15. The first-order valence-electron chi connectivity index (χ1n) is 10.9. The van der Waals surface area contributed by atoms with Gasteiger partial charge in [-0.05, 0) is 19.3 Å². The molecule has 4 N–H and O–H groups in total. The van der Waals surface area contributed by atoms with E-state index >= 15 is 0 Å². The van der Waals surface area contributed by atoms with Crippen LogP contribution in [0.15, 0.2) is 12.2 Å². The van der Waals surface area contributed by atoms with E-state index in [-0.39, 0.29) is 37.0 Å². The lowest BCUT2D eigenvalue weighted by atomic mass is 10.0. The van der Waals surface area contributed by atoms with Crippen LogP contribution in [-0.4, -0.2) is 83.1 Å². The molecule has 11 nitrogen and oxygen atoms in total. The van der Waals surface area contributed by atoms with E-state index in [4.69, 9.17) is 9.57 Å². The zero-order valence-corrected chi connectivity index (χ0v) is 18.6. The van der Waals surface area contributed by atoms with Gasteiger partial charge in [-0.2, -0.15) is 11.8 Å². The SMILES string of the molecule is O=C(CCCCC1SCC2NC(=O)NC21)NCCCOCCC(O)ON1C(=O)C=CC1=O. The monoisotopic (exact) mass is 470 g/mol. The van der Waals surface area contributed by atoms with Crippen molar-refractivity contribution >= 4 is 35.5 Å². The van der Waals surface area contributed by atoms with Crippen molar-refractivity contribution in [2.45, 2.75) is 62.1 Å². The number of nitrogens with zero attached hydrogens (tertiary/aromatic N) is 1. The lowest BCUT2D eigenvalue weighted by Crippen LogP contribution is -2.36. The van der Waals surface area contributed by atoms with Crippen LogP contribution in [0.2, 0.25) is 0 Å². The Labute approximate surface area is 190 Å². The number of aliphatic hydroxyl groups is 1. The van der Waals surface area contributed by atoms with Crippen LogP contribution in [0.25, 0.3) is 0 Å². The molecule has 0 saturated carbocycles. The molecule has 0 aromatic heterocycles. The van der Waals surface area contributed by atoms with E-state index in [0.29, 0.717) is 36.3 Å². The molecule has 3 heterocycles. The summed E-state index contributed by atoms with van der Waals surface area (Å²) in [5, 5.41) is 19.4. The summed E-state index contributed by atoms with van der Waals surface area (Å²) < 4.78 is 5.37. The summed E-state index contributed by atoms with van der Waals surface area (Å²) in [7, 11) is 0. The number of thioether (sulfide) groups is 1. The first kappa shape index (κ1) is 24.5. The number of rotatable bonds is 14. The Morgan fingerprint density at radius 2 is 1.97 bits per heavy atom. The quantitative estimate of drug-likeness (QED) is 0.118. The molecule has 2 fully saturated rings. The highest BCUT2D eigenvalue weighted by Crippen LogP contribution is 2.33. The summed E-state index contributed by atoms with van der Waals surface area (Å²) >= 11 is 1.88. The summed E-state index contributed by atoms with van der Waals surface area (Å²) in [6.07, 6.45) is 4.76. The number of fused-ring (bicyclic) bond motifs is 1. The maximum Gasteiger partial charge on any atom is 0.315 e. The minimum Gasteiger partial charge on any atom is -0.381 e. The van der Waals surface area contributed by atoms with Gasteiger partial charge in [-0.1, -0.05) is 6.42 Å². The normalized spacial score (nSPS) is 25.1. The molecule has 0 bridgehead atoms. The van der Waals surface area contributed by atoms with Crippen LogP contribution in [0.4, 0.5) is 4.79 Å². The summed E-state index contributed by atoms with van der Waals surface area (Å²) in [4.78, 5) is 50.8. The van der Waals surface area contributed by atoms with E-state index in [9.17, 15) is 24.3 Å². The van der Waals surface area contributed by atoms with Crippen LogP contribution >= 0.6 is 11.8 Å². The Morgan fingerprint density at radius 3 is 2.75 bits per heavy atom. The van der Waals surface area contributed by atoms with Crippen LogP contribution in [0.1, 0.15) is 38.5 Å². The van der Waals surface area contributed by atoms with Crippen LogP contribution in [0, 0.1) is 0 Å². The largest absolute Gasteiger partial charge is 0.381 e. The van der Waals surface area contributed by atoms with Crippen molar-refractivity contribution in [3.63, 3.8) is 0 Å². The fourth-order valence-electron chi connectivity index (χ4n) is 3.72. The first-order chi connectivity index (χ1) is 15.4. The third-order valence-corrected chi connectivity index (χ3v) is 6.88. The van der Waals surface area contributed by atoms with Gasteiger partial charge < -0.3 is 25.8 Å². The number of carbonyl (C=O) groups is 4. The molecule has 12 heteroatoms. The van der Waals surface area contributed by atoms with Crippen molar-refractivity contribution in [1.82, 2.24) is 21.0 Å². The van der Waals surface area contributed by atoms with Gasteiger partial charge in [0.25, 0.3) is 11.8 Å². The van der Waals surface area contributed by atoms with E-state index in [1.807, 2.05) is 11.8 Å². The molecule has 4 unspecified atom stereocenters. The average molecular weight is 471 g/mol. The van der Waals surface area contributed by atoms with Crippen LogP contribution < -0.4 is 16.0 Å². The van der Waals surface area contributed by atoms with Gasteiger partial charge in [-0.25, -0.2) is 9.63 Å². The lowest BCUT2D eigenvalue weighted by Gasteiger charge is -2.18. The molecular formula is C20H30N4O7S. The molecule has 0 aliphatic carbocycles. The van der Waals surface area contributed by atoms with E-state index in [0.717, 1.165) is 37.2 Å². The van der Waals surface area contributed by atoms with E-state index in [1.54, 1.807) is 0 Å². The third kappa shape index (κ3) is 7.19. The van der Waals surface area contributed by atoms with Crippen molar-refractivity contribution in [1.29, 1.82) is 0 Å². The lowest BCUT2D eigenvalue weighted by molar-refractivity contribution is -0.246. The molecule has 0 spiro atoms. The van der Waals surface area contributed by atoms with Gasteiger partial charge in [0.15, 0.2) is 6.29 Å². The van der Waals surface area contributed by atoms with E-state index in [2.05, 4.69) is 16.0 Å². The van der Waals surface area contributed by atoms with Crippen molar-refractivity contribution < 1.29 is 33.9 Å². The number of nitrogens with one attached hydrogen (secondary N) is 3. The number of urea groups is 1. The highest BCUT2D eigenvalue weighted by atomic mass is 32.2. The second-order valence-electron chi connectivity index (χ2n) is 7.84. The smallest absolute Gasteiger partial charge is 0.315 e. The minimum absolute atomic E-state index is 0.00941. The van der Waals surface area contributed by atoms with E-state index < -0.39 is 18.1 Å². The van der Waals surface area contributed by atoms with Gasteiger partial charge in [0.2, 0.25) is 5.91 Å². The Bertz CT molecular complexity index is 717. The van der Waals surface area contributed by atoms with Crippen LogP contribution in [-0.2, 0) is 24.0 Å². The maximum absolute atomic E-state index is 11.9. The minimum atomic E-state index is -1.32.